The van der Waals surface area contributed by atoms with Crippen LogP contribution in [0.25, 0.3) is 0 Å². The molecule has 2 rings (SSSR count). The highest BCUT2D eigenvalue weighted by Crippen LogP contribution is 2.36. The van der Waals surface area contributed by atoms with Gasteiger partial charge in [-0.05, 0) is 37.6 Å². The summed E-state index contributed by atoms with van der Waals surface area (Å²) < 4.78 is 0. The van der Waals surface area contributed by atoms with E-state index in [1.165, 1.54) is 51.5 Å². The molecule has 1 heteroatoms. The summed E-state index contributed by atoms with van der Waals surface area (Å²) in [5, 5.41) is 3.72. The second-order valence-corrected chi connectivity index (χ2v) is 4.87. The first-order valence-electron chi connectivity index (χ1n) is 6.15. The predicted molar refractivity (Wildman–Crippen MR) is 56.8 cm³/mol. The maximum atomic E-state index is 3.72. The van der Waals surface area contributed by atoms with Crippen molar-refractivity contribution in [3.8, 4) is 0 Å². The van der Waals surface area contributed by atoms with Gasteiger partial charge in [0.2, 0.25) is 0 Å². The summed E-state index contributed by atoms with van der Waals surface area (Å²) in [6.07, 6.45) is 10.2. The van der Waals surface area contributed by atoms with Crippen molar-refractivity contribution in [3.05, 3.63) is 0 Å². The summed E-state index contributed by atoms with van der Waals surface area (Å²) in [6, 6.07) is 0.899. The third-order valence-corrected chi connectivity index (χ3v) is 4.00. The Labute approximate surface area is 82.3 Å². The van der Waals surface area contributed by atoms with Gasteiger partial charge in [0, 0.05) is 6.04 Å². The zero-order valence-corrected chi connectivity index (χ0v) is 8.89. The van der Waals surface area contributed by atoms with Crippen molar-refractivity contribution >= 4 is 0 Å². The van der Waals surface area contributed by atoms with Gasteiger partial charge in [-0.3, -0.25) is 0 Å². The Hall–Kier alpha value is -0.0400. The zero-order valence-electron chi connectivity index (χ0n) is 8.89. The van der Waals surface area contributed by atoms with Crippen LogP contribution < -0.4 is 5.32 Å². The molecular formula is C12H23N. The van der Waals surface area contributed by atoms with E-state index in [0.717, 1.165) is 17.9 Å². The summed E-state index contributed by atoms with van der Waals surface area (Å²) >= 11 is 0. The van der Waals surface area contributed by atoms with Gasteiger partial charge in [-0.2, -0.15) is 0 Å². The third-order valence-electron chi connectivity index (χ3n) is 4.00. The minimum Gasteiger partial charge on any atom is -0.313 e. The molecule has 1 nitrogen and oxygen atoms in total. The topological polar surface area (TPSA) is 12.0 Å². The highest BCUT2D eigenvalue weighted by atomic mass is 15.0. The molecule has 0 aromatic carbocycles. The molecule has 1 aliphatic carbocycles. The minimum absolute atomic E-state index is 0.899. The molecule has 0 spiro atoms. The summed E-state index contributed by atoms with van der Waals surface area (Å²) in [6.45, 7) is 3.62. The number of nitrogens with one attached hydrogen (secondary N) is 1. The second-order valence-electron chi connectivity index (χ2n) is 4.87. The molecule has 76 valence electrons. The summed E-state index contributed by atoms with van der Waals surface area (Å²) in [5.74, 6) is 2.06. The lowest BCUT2D eigenvalue weighted by molar-refractivity contribution is 0.262. The second kappa shape index (κ2) is 4.45. The first-order valence-corrected chi connectivity index (χ1v) is 6.15. The highest BCUT2D eigenvalue weighted by molar-refractivity contribution is 4.92. The van der Waals surface area contributed by atoms with Crippen molar-refractivity contribution in [1.82, 2.24) is 5.32 Å². The van der Waals surface area contributed by atoms with Crippen LogP contribution in [0.1, 0.15) is 51.9 Å². The van der Waals surface area contributed by atoms with Crippen LogP contribution in [0.15, 0.2) is 0 Å². The summed E-state index contributed by atoms with van der Waals surface area (Å²) in [5.41, 5.74) is 0. The Morgan fingerprint density at radius 3 is 2.92 bits per heavy atom. The first-order chi connectivity index (χ1) is 6.42. The van der Waals surface area contributed by atoms with E-state index in [0.29, 0.717) is 0 Å². The molecule has 0 bridgehead atoms. The molecule has 0 aromatic rings. The van der Waals surface area contributed by atoms with Crippen LogP contribution in [0.3, 0.4) is 0 Å². The average molecular weight is 181 g/mol. The maximum Gasteiger partial charge on any atom is 0.00985 e. The van der Waals surface area contributed by atoms with Crippen molar-refractivity contribution in [2.45, 2.75) is 57.9 Å². The largest absolute Gasteiger partial charge is 0.313 e. The van der Waals surface area contributed by atoms with Gasteiger partial charge in [0.05, 0.1) is 0 Å². The Bertz CT molecular complexity index is 155. The van der Waals surface area contributed by atoms with E-state index < -0.39 is 0 Å². The molecule has 1 heterocycles. The van der Waals surface area contributed by atoms with E-state index in [1.54, 1.807) is 0 Å². The molecule has 0 radical (unpaired) electrons. The van der Waals surface area contributed by atoms with Gasteiger partial charge >= 0.3 is 0 Å². The molecule has 1 aliphatic heterocycles. The Morgan fingerprint density at radius 1 is 1.23 bits per heavy atom. The van der Waals surface area contributed by atoms with Gasteiger partial charge < -0.3 is 5.32 Å². The van der Waals surface area contributed by atoms with Crippen molar-refractivity contribution in [2.75, 3.05) is 6.54 Å². The Balaban J connectivity index is 1.84. The third kappa shape index (κ3) is 2.07. The molecule has 1 saturated heterocycles. The molecular weight excluding hydrogens is 158 g/mol. The average Bonchev–Trinajstić information content (AvgIpc) is 2.58. The quantitative estimate of drug-likeness (QED) is 0.706. The first kappa shape index (κ1) is 9.51. The van der Waals surface area contributed by atoms with Crippen LogP contribution in [0, 0.1) is 11.8 Å². The van der Waals surface area contributed by atoms with E-state index in [9.17, 15) is 0 Å². The molecule has 3 atom stereocenters. The molecule has 2 aliphatic rings. The van der Waals surface area contributed by atoms with Crippen LogP contribution in [0.5, 0.6) is 0 Å². The van der Waals surface area contributed by atoms with Gasteiger partial charge in [0.1, 0.15) is 0 Å². The molecule has 2 fully saturated rings. The van der Waals surface area contributed by atoms with Crippen LogP contribution in [0.4, 0.5) is 0 Å². The number of fused-ring (bicyclic) bond motifs is 1. The van der Waals surface area contributed by atoms with E-state index in [1.807, 2.05) is 0 Å². The van der Waals surface area contributed by atoms with Crippen LogP contribution in [-0.4, -0.2) is 12.6 Å². The van der Waals surface area contributed by atoms with Crippen LogP contribution >= 0.6 is 0 Å². The standard InChI is InChI=1S/C12H23N/c1-2-3-6-10-9-13-12-8-5-4-7-11(10)12/h10-13H,2-9H2,1H3. The van der Waals surface area contributed by atoms with E-state index in [2.05, 4.69) is 12.2 Å². The number of hydrogen-bond donors (Lipinski definition) is 1. The van der Waals surface area contributed by atoms with Gasteiger partial charge in [0.25, 0.3) is 0 Å². The molecule has 1 saturated carbocycles. The van der Waals surface area contributed by atoms with Gasteiger partial charge in [-0.15, -0.1) is 0 Å². The smallest absolute Gasteiger partial charge is 0.00985 e. The monoisotopic (exact) mass is 181 g/mol. The van der Waals surface area contributed by atoms with Crippen molar-refractivity contribution < 1.29 is 0 Å². The highest BCUT2D eigenvalue weighted by Gasteiger charge is 2.36. The fourth-order valence-corrected chi connectivity index (χ4v) is 3.21. The SMILES string of the molecule is CCCCC1CNC2CCCCC12. The molecule has 1 N–H and O–H groups in total. The lowest BCUT2D eigenvalue weighted by Gasteiger charge is -2.28. The zero-order chi connectivity index (χ0) is 9.10. The number of rotatable bonds is 3. The lowest BCUT2D eigenvalue weighted by Crippen LogP contribution is -2.30. The van der Waals surface area contributed by atoms with Gasteiger partial charge in [-0.1, -0.05) is 32.6 Å². The number of unbranched alkanes of at least 4 members (excludes halogenated alkanes) is 1. The fraction of sp³-hybridized carbons (Fsp3) is 1.00. The van der Waals surface area contributed by atoms with Crippen molar-refractivity contribution in [2.24, 2.45) is 11.8 Å². The fourth-order valence-electron chi connectivity index (χ4n) is 3.21. The summed E-state index contributed by atoms with van der Waals surface area (Å²) in [4.78, 5) is 0. The normalized spacial score (nSPS) is 39.0. The van der Waals surface area contributed by atoms with Gasteiger partial charge in [0.15, 0.2) is 0 Å². The summed E-state index contributed by atoms with van der Waals surface area (Å²) in [7, 11) is 0. The maximum absolute atomic E-state index is 3.72. The number of hydrogen-bond acceptors (Lipinski definition) is 1. The van der Waals surface area contributed by atoms with Crippen molar-refractivity contribution in [3.63, 3.8) is 0 Å². The van der Waals surface area contributed by atoms with Crippen LogP contribution in [-0.2, 0) is 0 Å². The Morgan fingerprint density at radius 2 is 2.08 bits per heavy atom. The van der Waals surface area contributed by atoms with Crippen molar-refractivity contribution in [1.29, 1.82) is 0 Å². The minimum atomic E-state index is 0.899. The van der Waals surface area contributed by atoms with E-state index in [4.69, 9.17) is 0 Å². The lowest BCUT2D eigenvalue weighted by atomic mass is 9.78. The molecule has 0 amide bonds. The molecule has 13 heavy (non-hydrogen) atoms. The van der Waals surface area contributed by atoms with E-state index >= 15 is 0 Å². The molecule has 0 aromatic heterocycles. The molecule has 3 unspecified atom stereocenters. The Kier molecular flexibility index (Phi) is 3.26. The van der Waals surface area contributed by atoms with Gasteiger partial charge in [-0.25, -0.2) is 0 Å². The predicted octanol–water partition coefficient (Wildman–Crippen LogP) is 2.95. The van der Waals surface area contributed by atoms with Crippen LogP contribution in [0.2, 0.25) is 0 Å². The van der Waals surface area contributed by atoms with E-state index in [-0.39, 0.29) is 0 Å².